The van der Waals surface area contributed by atoms with Gasteiger partial charge in [-0.1, -0.05) is 13.3 Å². The van der Waals surface area contributed by atoms with Crippen LogP contribution in [0.15, 0.2) is 0 Å². The van der Waals surface area contributed by atoms with Crippen LogP contribution >= 0.6 is 0 Å². The van der Waals surface area contributed by atoms with Gasteiger partial charge in [0.05, 0.1) is 6.54 Å². The van der Waals surface area contributed by atoms with Gasteiger partial charge >= 0.3 is 0 Å². The van der Waals surface area contributed by atoms with Crippen LogP contribution in [0.2, 0.25) is 0 Å². The highest BCUT2D eigenvalue weighted by atomic mass is 16.2. The van der Waals surface area contributed by atoms with Crippen molar-refractivity contribution >= 4 is 11.8 Å². The van der Waals surface area contributed by atoms with Gasteiger partial charge in [-0.25, -0.2) is 0 Å². The van der Waals surface area contributed by atoms with Crippen molar-refractivity contribution in [1.82, 2.24) is 15.5 Å². The SMILES string of the molecule is CCCC(C)NC(=O)CN1C(=O)CCC2CNCCC21. The molecule has 0 spiro atoms. The molecule has 5 heteroatoms. The second kappa shape index (κ2) is 7.07. The maximum Gasteiger partial charge on any atom is 0.239 e. The quantitative estimate of drug-likeness (QED) is 0.787. The molecule has 2 heterocycles. The average Bonchev–Trinajstić information content (AvgIpc) is 2.42. The van der Waals surface area contributed by atoms with Crippen LogP contribution in [0.25, 0.3) is 0 Å². The summed E-state index contributed by atoms with van der Waals surface area (Å²) >= 11 is 0. The molecule has 2 N–H and O–H groups in total. The maximum absolute atomic E-state index is 12.1. The Kier molecular flexibility index (Phi) is 5.40. The van der Waals surface area contributed by atoms with Gasteiger partial charge in [-0.3, -0.25) is 9.59 Å². The molecule has 0 radical (unpaired) electrons. The van der Waals surface area contributed by atoms with E-state index in [1.54, 1.807) is 0 Å². The van der Waals surface area contributed by atoms with E-state index in [1.807, 2.05) is 11.8 Å². The molecule has 3 unspecified atom stereocenters. The Bertz CT molecular complexity index is 359. The molecule has 20 heavy (non-hydrogen) atoms. The molecule has 0 aromatic heterocycles. The molecule has 114 valence electrons. The minimum absolute atomic E-state index is 0.0153. The molecule has 3 atom stereocenters. The number of hydrogen-bond donors (Lipinski definition) is 2. The fourth-order valence-electron chi connectivity index (χ4n) is 3.44. The maximum atomic E-state index is 12.1. The lowest BCUT2D eigenvalue weighted by Gasteiger charge is -2.43. The van der Waals surface area contributed by atoms with E-state index in [0.717, 1.165) is 38.8 Å². The fourth-order valence-corrected chi connectivity index (χ4v) is 3.44. The minimum Gasteiger partial charge on any atom is -0.352 e. The Labute approximate surface area is 121 Å². The molecule has 2 aliphatic heterocycles. The molecule has 2 saturated heterocycles. The number of amides is 2. The Morgan fingerprint density at radius 3 is 3.05 bits per heavy atom. The summed E-state index contributed by atoms with van der Waals surface area (Å²) in [5, 5.41) is 6.38. The number of rotatable bonds is 5. The first-order valence-electron chi connectivity index (χ1n) is 7.91. The third-order valence-electron chi connectivity index (χ3n) is 4.46. The third kappa shape index (κ3) is 3.72. The smallest absolute Gasteiger partial charge is 0.239 e. The normalized spacial score (nSPS) is 27.9. The van der Waals surface area contributed by atoms with E-state index in [1.165, 1.54) is 0 Å². The molecule has 5 nitrogen and oxygen atoms in total. The van der Waals surface area contributed by atoms with Crippen molar-refractivity contribution in [1.29, 1.82) is 0 Å². The van der Waals surface area contributed by atoms with Gasteiger partial charge in [0.2, 0.25) is 11.8 Å². The van der Waals surface area contributed by atoms with E-state index in [2.05, 4.69) is 17.6 Å². The van der Waals surface area contributed by atoms with E-state index in [-0.39, 0.29) is 30.4 Å². The van der Waals surface area contributed by atoms with Crippen LogP contribution in [0.5, 0.6) is 0 Å². The van der Waals surface area contributed by atoms with E-state index in [0.29, 0.717) is 12.3 Å². The number of nitrogens with zero attached hydrogens (tertiary/aromatic N) is 1. The molecule has 2 fully saturated rings. The molecule has 2 amide bonds. The van der Waals surface area contributed by atoms with Crippen molar-refractivity contribution < 1.29 is 9.59 Å². The first kappa shape index (κ1) is 15.3. The van der Waals surface area contributed by atoms with Crippen LogP contribution in [-0.2, 0) is 9.59 Å². The van der Waals surface area contributed by atoms with Crippen LogP contribution in [0.4, 0.5) is 0 Å². The van der Waals surface area contributed by atoms with Crippen molar-refractivity contribution in [3.05, 3.63) is 0 Å². The van der Waals surface area contributed by atoms with Crippen LogP contribution < -0.4 is 10.6 Å². The summed E-state index contributed by atoms with van der Waals surface area (Å²) in [6.45, 7) is 6.28. The number of hydrogen-bond acceptors (Lipinski definition) is 3. The molecule has 0 bridgehead atoms. The summed E-state index contributed by atoms with van der Waals surface area (Å²) in [5.41, 5.74) is 0. The summed E-state index contributed by atoms with van der Waals surface area (Å²) < 4.78 is 0. The highest BCUT2D eigenvalue weighted by Crippen LogP contribution is 2.28. The standard InChI is InChI=1S/C15H27N3O2/c1-3-4-11(2)17-14(19)10-18-13-7-8-16-9-12(13)5-6-15(18)20/h11-13,16H,3-10H2,1-2H3,(H,17,19). The predicted molar refractivity (Wildman–Crippen MR) is 78.2 cm³/mol. The van der Waals surface area contributed by atoms with Gasteiger partial charge in [0, 0.05) is 18.5 Å². The molecule has 0 saturated carbocycles. The average molecular weight is 281 g/mol. The van der Waals surface area contributed by atoms with Gasteiger partial charge < -0.3 is 15.5 Å². The number of likely N-dealkylation sites (tertiary alicyclic amines) is 1. The van der Waals surface area contributed by atoms with Crippen LogP contribution in [-0.4, -0.2) is 48.4 Å². The minimum atomic E-state index is -0.0153. The van der Waals surface area contributed by atoms with Crippen molar-refractivity contribution in [2.45, 2.75) is 58.0 Å². The van der Waals surface area contributed by atoms with E-state index >= 15 is 0 Å². The second-order valence-corrected chi connectivity index (χ2v) is 6.14. The van der Waals surface area contributed by atoms with Gasteiger partial charge in [-0.2, -0.15) is 0 Å². The number of carbonyl (C=O) groups excluding carboxylic acids is 2. The molecule has 0 aromatic rings. The molecular formula is C15H27N3O2. The van der Waals surface area contributed by atoms with Gasteiger partial charge in [0.25, 0.3) is 0 Å². The Morgan fingerprint density at radius 2 is 2.30 bits per heavy atom. The predicted octanol–water partition coefficient (Wildman–Crippen LogP) is 0.892. The van der Waals surface area contributed by atoms with Crippen molar-refractivity contribution in [3.8, 4) is 0 Å². The zero-order valence-corrected chi connectivity index (χ0v) is 12.7. The topological polar surface area (TPSA) is 61.4 Å². The number of nitrogens with one attached hydrogen (secondary N) is 2. The van der Waals surface area contributed by atoms with E-state index < -0.39 is 0 Å². The van der Waals surface area contributed by atoms with Crippen LogP contribution in [0.3, 0.4) is 0 Å². The Hall–Kier alpha value is -1.10. The highest BCUT2D eigenvalue weighted by molar-refractivity contribution is 5.85. The molecule has 2 rings (SSSR count). The van der Waals surface area contributed by atoms with E-state index in [9.17, 15) is 9.59 Å². The van der Waals surface area contributed by atoms with Crippen LogP contribution in [0, 0.1) is 5.92 Å². The lowest BCUT2D eigenvalue weighted by atomic mass is 9.84. The summed E-state index contributed by atoms with van der Waals surface area (Å²) in [7, 11) is 0. The molecular weight excluding hydrogens is 254 g/mol. The molecule has 0 aliphatic carbocycles. The summed E-state index contributed by atoms with van der Waals surface area (Å²) in [5.74, 6) is 0.646. The lowest BCUT2D eigenvalue weighted by Crippen LogP contribution is -2.57. The number of carbonyl (C=O) groups is 2. The van der Waals surface area contributed by atoms with Gasteiger partial charge in [0.15, 0.2) is 0 Å². The summed E-state index contributed by atoms with van der Waals surface area (Å²) in [6, 6.07) is 0.445. The van der Waals surface area contributed by atoms with Gasteiger partial charge in [-0.05, 0) is 45.2 Å². The monoisotopic (exact) mass is 281 g/mol. The lowest BCUT2D eigenvalue weighted by molar-refractivity contribution is -0.144. The summed E-state index contributed by atoms with van der Waals surface area (Å²) in [6.07, 6.45) is 4.55. The zero-order valence-electron chi connectivity index (χ0n) is 12.7. The highest BCUT2D eigenvalue weighted by Gasteiger charge is 2.37. The number of fused-ring (bicyclic) bond motifs is 1. The van der Waals surface area contributed by atoms with Crippen molar-refractivity contribution in [3.63, 3.8) is 0 Å². The Morgan fingerprint density at radius 1 is 1.50 bits per heavy atom. The zero-order chi connectivity index (χ0) is 14.5. The van der Waals surface area contributed by atoms with Crippen LogP contribution in [0.1, 0.15) is 46.0 Å². The fraction of sp³-hybridized carbons (Fsp3) is 0.867. The molecule has 2 aliphatic rings. The third-order valence-corrected chi connectivity index (χ3v) is 4.46. The van der Waals surface area contributed by atoms with Gasteiger partial charge in [0.1, 0.15) is 0 Å². The van der Waals surface area contributed by atoms with E-state index in [4.69, 9.17) is 0 Å². The largest absolute Gasteiger partial charge is 0.352 e. The second-order valence-electron chi connectivity index (χ2n) is 6.14. The first-order chi connectivity index (χ1) is 9.61. The molecule has 0 aromatic carbocycles. The van der Waals surface area contributed by atoms with Crippen molar-refractivity contribution in [2.24, 2.45) is 5.92 Å². The first-order valence-corrected chi connectivity index (χ1v) is 7.91. The Balaban J connectivity index is 1.91. The number of piperidine rings is 2. The summed E-state index contributed by atoms with van der Waals surface area (Å²) in [4.78, 5) is 26.0. The van der Waals surface area contributed by atoms with Gasteiger partial charge in [-0.15, -0.1) is 0 Å². The van der Waals surface area contributed by atoms with Crippen molar-refractivity contribution in [2.75, 3.05) is 19.6 Å².